The van der Waals surface area contributed by atoms with Gasteiger partial charge >= 0.3 is 0 Å². The minimum absolute atomic E-state index is 0.0660. The lowest BCUT2D eigenvalue weighted by molar-refractivity contribution is -0.118. The van der Waals surface area contributed by atoms with Gasteiger partial charge in [0.2, 0.25) is 11.9 Å². The van der Waals surface area contributed by atoms with Crippen molar-refractivity contribution < 1.29 is 9.53 Å². The maximum atomic E-state index is 13.0. The van der Waals surface area contributed by atoms with Crippen molar-refractivity contribution in [3.8, 4) is 0 Å². The number of aryl methyl sites for hydroxylation is 3. The molecule has 1 saturated heterocycles. The van der Waals surface area contributed by atoms with Crippen LogP contribution in [0, 0.1) is 13.8 Å². The van der Waals surface area contributed by atoms with E-state index in [1.54, 1.807) is 0 Å². The number of ether oxygens (including phenoxy) is 1. The van der Waals surface area contributed by atoms with Gasteiger partial charge in [0.25, 0.3) is 5.56 Å². The Hall–Kier alpha value is -2.67. The third kappa shape index (κ3) is 4.05. The molecule has 7 nitrogen and oxygen atoms in total. The fraction of sp³-hybridized carbons (Fsp3) is 0.500. The van der Waals surface area contributed by atoms with Crippen LogP contribution in [-0.2, 0) is 22.4 Å². The van der Waals surface area contributed by atoms with Crippen molar-refractivity contribution in [2.75, 3.05) is 42.6 Å². The Morgan fingerprint density at radius 3 is 2.76 bits per heavy atom. The van der Waals surface area contributed by atoms with Crippen molar-refractivity contribution in [3.05, 3.63) is 50.9 Å². The SMILES string of the molecule is Cc1cccc2c1N(C(=O)CCc1c(C)nc(N3CCOCC3)[nH]c1=O)CCC2. The maximum absolute atomic E-state index is 13.0. The van der Waals surface area contributed by atoms with Gasteiger partial charge in [-0.15, -0.1) is 0 Å². The molecule has 4 rings (SSSR count). The molecule has 2 aliphatic heterocycles. The van der Waals surface area contributed by atoms with E-state index in [9.17, 15) is 9.59 Å². The third-order valence-corrected chi connectivity index (χ3v) is 5.83. The Kier molecular flexibility index (Phi) is 5.67. The zero-order valence-corrected chi connectivity index (χ0v) is 17.2. The topological polar surface area (TPSA) is 78.5 Å². The highest BCUT2D eigenvalue weighted by atomic mass is 16.5. The summed E-state index contributed by atoms with van der Waals surface area (Å²) in [5.41, 5.74) is 4.55. The number of carbonyl (C=O) groups is 1. The molecule has 0 unspecified atom stereocenters. The standard InChI is InChI=1S/C22H28N4O3/c1-15-5-3-6-17-7-4-10-26(20(15)17)19(27)9-8-18-16(2)23-22(24-21(18)28)25-11-13-29-14-12-25/h3,5-6H,4,7-14H2,1-2H3,(H,23,24,28). The van der Waals surface area contributed by atoms with Crippen LogP contribution >= 0.6 is 0 Å². The second kappa shape index (κ2) is 8.37. The van der Waals surface area contributed by atoms with Crippen LogP contribution in [0.5, 0.6) is 0 Å². The van der Waals surface area contributed by atoms with Crippen molar-refractivity contribution in [2.24, 2.45) is 0 Å². The second-order valence-corrected chi connectivity index (χ2v) is 7.78. The van der Waals surface area contributed by atoms with Crippen molar-refractivity contribution in [2.45, 2.75) is 39.5 Å². The van der Waals surface area contributed by atoms with Crippen LogP contribution in [0.3, 0.4) is 0 Å². The summed E-state index contributed by atoms with van der Waals surface area (Å²) >= 11 is 0. The van der Waals surface area contributed by atoms with Gasteiger partial charge < -0.3 is 14.5 Å². The smallest absolute Gasteiger partial charge is 0.255 e. The van der Waals surface area contributed by atoms with E-state index < -0.39 is 0 Å². The number of anilines is 2. The van der Waals surface area contributed by atoms with Gasteiger partial charge in [-0.3, -0.25) is 14.6 Å². The highest BCUT2D eigenvalue weighted by molar-refractivity contribution is 5.95. The van der Waals surface area contributed by atoms with E-state index in [2.05, 4.69) is 16.0 Å². The minimum atomic E-state index is -0.151. The molecule has 0 aliphatic carbocycles. The predicted octanol–water partition coefficient (Wildman–Crippen LogP) is 2.14. The molecule has 1 aromatic carbocycles. The number of aromatic amines is 1. The Bertz CT molecular complexity index is 963. The summed E-state index contributed by atoms with van der Waals surface area (Å²) in [5, 5.41) is 0. The van der Waals surface area contributed by atoms with Crippen LogP contribution in [0.25, 0.3) is 0 Å². The van der Waals surface area contributed by atoms with E-state index in [4.69, 9.17) is 4.74 Å². The van der Waals surface area contributed by atoms with Crippen molar-refractivity contribution in [1.82, 2.24) is 9.97 Å². The van der Waals surface area contributed by atoms with Gasteiger partial charge in [-0.2, -0.15) is 0 Å². The molecule has 1 aromatic heterocycles. The number of morpholine rings is 1. The monoisotopic (exact) mass is 396 g/mol. The average Bonchev–Trinajstić information content (AvgIpc) is 2.73. The molecule has 0 radical (unpaired) electrons. The van der Waals surface area contributed by atoms with E-state index in [-0.39, 0.29) is 11.5 Å². The molecule has 1 fully saturated rings. The molecule has 1 N–H and O–H groups in total. The molecule has 29 heavy (non-hydrogen) atoms. The normalized spacial score (nSPS) is 16.6. The van der Waals surface area contributed by atoms with E-state index >= 15 is 0 Å². The second-order valence-electron chi connectivity index (χ2n) is 7.78. The number of para-hydroxylation sites is 1. The first kappa shape index (κ1) is 19.6. The Labute approximate surface area is 170 Å². The summed E-state index contributed by atoms with van der Waals surface area (Å²) in [6.07, 6.45) is 2.68. The maximum Gasteiger partial charge on any atom is 0.255 e. The number of nitrogens with one attached hydrogen (secondary N) is 1. The molecule has 0 spiro atoms. The molecular formula is C22H28N4O3. The highest BCUT2D eigenvalue weighted by Gasteiger charge is 2.24. The number of amides is 1. The summed E-state index contributed by atoms with van der Waals surface area (Å²) in [6, 6.07) is 6.20. The summed E-state index contributed by atoms with van der Waals surface area (Å²) < 4.78 is 5.36. The van der Waals surface area contributed by atoms with Crippen LogP contribution < -0.4 is 15.4 Å². The van der Waals surface area contributed by atoms with Crippen LogP contribution in [-0.4, -0.2) is 48.7 Å². The lowest BCUT2D eigenvalue weighted by atomic mass is 9.97. The summed E-state index contributed by atoms with van der Waals surface area (Å²) in [4.78, 5) is 37.1. The fourth-order valence-electron chi connectivity index (χ4n) is 4.28. The summed E-state index contributed by atoms with van der Waals surface area (Å²) in [7, 11) is 0. The lowest BCUT2D eigenvalue weighted by Gasteiger charge is -2.31. The molecule has 0 saturated carbocycles. The van der Waals surface area contributed by atoms with E-state index in [0.717, 1.165) is 30.6 Å². The van der Waals surface area contributed by atoms with Crippen LogP contribution in [0.15, 0.2) is 23.0 Å². The minimum Gasteiger partial charge on any atom is -0.378 e. The number of fused-ring (bicyclic) bond motifs is 1. The molecule has 0 bridgehead atoms. The van der Waals surface area contributed by atoms with E-state index in [0.29, 0.717) is 56.4 Å². The lowest BCUT2D eigenvalue weighted by Crippen LogP contribution is -2.39. The van der Waals surface area contributed by atoms with Gasteiger partial charge in [-0.1, -0.05) is 18.2 Å². The van der Waals surface area contributed by atoms with Gasteiger partial charge in [0, 0.05) is 43.0 Å². The molecule has 2 aliphatic rings. The average molecular weight is 396 g/mol. The van der Waals surface area contributed by atoms with Gasteiger partial charge in [0.15, 0.2) is 0 Å². The molecular weight excluding hydrogens is 368 g/mol. The third-order valence-electron chi connectivity index (χ3n) is 5.83. The van der Waals surface area contributed by atoms with E-state index in [1.807, 2.05) is 35.8 Å². The fourth-order valence-corrected chi connectivity index (χ4v) is 4.28. The molecule has 2 aromatic rings. The quantitative estimate of drug-likeness (QED) is 0.857. The molecule has 1 amide bonds. The van der Waals surface area contributed by atoms with Gasteiger partial charge in [0.05, 0.1) is 13.2 Å². The van der Waals surface area contributed by atoms with Crippen LogP contribution in [0.2, 0.25) is 0 Å². The van der Waals surface area contributed by atoms with Crippen molar-refractivity contribution >= 4 is 17.5 Å². The molecule has 3 heterocycles. The van der Waals surface area contributed by atoms with Crippen LogP contribution in [0.4, 0.5) is 11.6 Å². The Morgan fingerprint density at radius 1 is 1.21 bits per heavy atom. The first-order valence-corrected chi connectivity index (χ1v) is 10.4. The first-order chi connectivity index (χ1) is 14.0. The Balaban J connectivity index is 1.48. The highest BCUT2D eigenvalue weighted by Crippen LogP contribution is 2.31. The van der Waals surface area contributed by atoms with Gasteiger partial charge in [0.1, 0.15) is 0 Å². The number of hydrogen-bond acceptors (Lipinski definition) is 5. The zero-order valence-electron chi connectivity index (χ0n) is 17.2. The molecule has 7 heteroatoms. The number of benzene rings is 1. The van der Waals surface area contributed by atoms with E-state index in [1.165, 1.54) is 5.56 Å². The number of H-pyrrole nitrogens is 1. The summed E-state index contributed by atoms with van der Waals surface area (Å²) in [6.45, 7) is 7.33. The van der Waals surface area contributed by atoms with Crippen molar-refractivity contribution in [1.29, 1.82) is 0 Å². The molecule has 0 atom stereocenters. The van der Waals surface area contributed by atoms with Gasteiger partial charge in [-0.05, 0) is 44.2 Å². The number of carbonyl (C=O) groups excluding carboxylic acids is 1. The Morgan fingerprint density at radius 2 is 2.00 bits per heavy atom. The molecule has 154 valence electrons. The first-order valence-electron chi connectivity index (χ1n) is 10.4. The van der Waals surface area contributed by atoms with Crippen LogP contribution in [0.1, 0.15) is 35.2 Å². The largest absolute Gasteiger partial charge is 0.378 e. The number of rotatable bonds is 4. The van der Waals surface area contributed by atoms with Crippen molar-refractivity contribution in [3.63, 3.8) is 0 Å². The zero-order chi connectivity index (χ0) is 20.4. The predicted molar refractivity (Wildman–Crippen MR) is 113 cm³/mol. The number of aromatic nitrogens is 2. The van der Waals surface area contributed by atoms with Gasteiger partial charge in [-0.25, -0.2) is 4.98 Å². The number of hydrogen-bond donors (Lipinski definition) is 1. The number of nitrogens with zero attached hydrogens (tertiary/aromatic N) is 3. The summed E-state index contributed by atoms with van der Waals surface area (Å²) in [5.74, 6) is 0.655.